The summed E-state index contributed by atoms with van der Waals surface area (Å²) < 4.78 is 10.7. The quantitative estimate of drug-likeness (QED) is 0.328. The van der Waals surface area contributed by atoms with Gasteiger partial charge in [-0.05, 0) is 47.5 Å². The molecule has 4 N–H and O–H groups in total. The lowest BCUT2D eigenvalue weighted by molar-refractivity contribution is -0.132. The van der Waals surface area contributed by atoms with Crippen LogP contribution in [-0.2, 0) is 9.59 Å². The van der Waals surface area contributed by atoms with Crippen molar-refractivity contribution in [1.29, 1.82) is 0 Å². The van der Waals surface area contributed by atoms with E-state index in [9.17, 15) is 9.59 Å². The number of carbonyl (C=O) groups is 2. The molecule has 0 aliphatic heterocycles. The van der Waals surface area contributed by atoms with Gasteiger partial charge in [0.15, 0.2) is 0 Å². The second-order valence-corrected chi connectivity index (χ2v) is 6.12. The Labute approximate surface area is 174 Å². The molecule has 0 saturated heterocycles. The van der Waals surface area contributed by atoms with Crippen LogP contribution in [0.25, 0.3) is 12.2 Å². The van der Waals surface area contributed by atoms with Crippen molar-refractivity contribution in [2.45, 2.75) is 0 Å². The Morgan fingerprint density at radius 3 is 1.53 bits per heavy atom. The Kier molecular flexibility index (Phi) is 8.31. The molecule has 0 radical (unpaired) electrons. The predicted octanol–water partition coefficient (Wildman–Crippen LogP) is 3.42. The van der Waals surface area contributed by atoms with Crippen molar-refractivity contribution < 1.29 is 29.3 Å². The van der Waals surface area contributed by atoms with E-state index in [1.165, 1.54) is 12.2 Å². The highest BCUT2D eigenvalue weighted by molar-refractivity contribution is 5.86. The van der Waals surface area contributed by atoms with Crippen molar-refractivity contribution >= 4 is 35.5 Å². The van der Waals surface area contributed by atoms with Gasteiger partial charge in [0, 0.05) is 25.2 Å². The summed E-state index contributed by atoms with van der Waals surface area (Å²) in [5.41, 5.74) is 3.01. The van der Waals surface area contributed by atoms with Gasteiger partial charge in [0.05, 0.1) is 25.6 Å². The topological polar surface area (TPSA) is 117 Å². The van der Waals surface area contributed by atoms with E-state index < -0.39 is 11.9 Å². The van der Waals surface area contributed by atoms with E-state index in [1.54, 1.807) is 38.5 Å². The molecule has 0 unspecified atom stereocenters. The van der Waals surface area contributed by atoms with Crippen LogP contribution in [0.5, 0.6) is 11.5 Å². The minimum Gasteiger partial charge on any atom is -0.495 e. The zero-order valence-electron chi connectivity index (χ0n) is 16.7. The van der Waals surface area contributed by atoms with Crippen molar-refractivity contribution in [3.05, 3.63) is 59.7 Å². The van der Waals surface area contributed by atoms with E-state index >= 15 is 0 Å². The first-order valence-corrected chi connectivity index (χ1v) is 9.08. The maximum absolute atomic E-state index is 10.6. The number of aliphatic carboxylic acids is 2. The Hall–Kier alpha value is -3.94. The molecule has 30 heavy (non-hydrogen) atoms. The molecule has 0 heterocycles. The number of anilines is 2. The van der Waals surface area contributed by atoms with Crippen LogP contribution < -0.4 is 20.1 Å². The standard InChI is InChI=1S/C22H24N2O6/c1-29-19-13-15(5-9-21(25)26)3-7-17(19)23-11-12-24-18-8-4-16(6-10-22(27)28)14-20(18)30-2/h3-10,13-14,23-24H,11-12H2,1-2H3,(H,25,26)(H,27,28)/b9-5+,10-6+. The van der Waals surface area contributed by atoms with Gasteiger partial charge < -0.3 is 30.3 Å². The normalized spacial score (nSPS) is 10.9. The van der Waals surface area contributed by atoms with Crippen molar-refractivity contribution in [1.82, 2.24) is 0 Å². The molecule has 0 amide bonds. The summed E-state index contributed by atoms with van der Waals surface area (Å²) in [6.07, 6.45) is 5.14. The third-order valence-electron chi connectivity index (χ3n) is 4.04. The van der Waals surface area contributed by atoms with Crippen LogP contribution in [0.2, 0.25) is 0 Å². The van der Waals surface area contributed by atoms with Gasteiger partial charge in [0.1, 0.15) is 11.5 Å². The highest BCUT2D eigenvalue weighted by atomic mass is 16.5. The molecule has 0 fully saturated rings. The van der Waals surface area contributed by atoms with E-state index in [0.717, 1.165) is 34.7 Å². The number of hydrogen-bond donors (Lipinski definition) is 4. The van der Waals surface area contributed by atoms with E-state index in [1.807, 2.05) is 12.1 Å². The number of methoxy groups -OCH3 is 2. The van der Waals surface area contributed by atoms with Crippen LogP contribution in [0.15, 0.2) is 48.6 Å². The number of benzene rings is 2. The van der Waals surface area contributed by atoms with Crippen LogP contribution in [0, 0.1) is 0 Å². The zero-order chi connectivity index (χ0) is 21.9. The summed E-state index contributed by atoms with van der Waals surface area (Å²) in [6, 6.07) is 10.7. The lowest BCUT2D eigenvalue weighted by Crippen LogP contribution is -2.14. The Balaban J connectivity index is 1.96. The minimum absolute atomic E-state index is 0.588. The SMILES string of the molecule is COc1cc(/C=C/C(=O)O)ccc1NCCNc1ccc(/C=C/C(=O)O)cc1OC. The number of rotatable bonds is 11. The van der Waals surface area contributed by atoms with E-state index in [0.29, 0.717) is 24.6 Å². The monoisotopic (exact) mass is 412 g/mol. The van der Waals surface area contributed by atoms with Gasteiger partial charge in [0.2, 0.25) is 0 Å². The van der Waals surface area contributed by atoms with E-state index in [4.69, 9.17) is 19.7 Å². The summed E-state index contributed by atoms with van der Waals surface area (Å²) in [7, 11) is 3.10. The fraction of sp³-hybridized carbons (Fsp3) is 0.182. The lowest BCUT2D eigenvalue weighted by Gasteiger charge is -2.14. The molecule has 0 aliphatic carbocycles. The molecule has 0 bridgehead atoms. The molecule has 158 valence electrons. The van der Waals surface area contributed by atoms with Gasteiger partial charge in [-0.25, -0.2) is 9.59 Å². The van der Waals surface area contributed by atoms with Crippen LogP contribution >= 0.6 is 0 Å². The van der Waals surface area contributed by atoms with Crippen molar-refractivity contribution in [2.75, 3.05) is 37.9 Å². The number of nitrogens with one attached hydrogen (secondary N) is 2. The molecular weight excluding hydrogens is 388 g/mol. The van der Waals surface area contributed by atoms with Crippen LogP contribution in [0.1, 0.15) is 11.1 Å². The molecule has 0 atom stereocenters. The molecule has 2 aromatic carbocycles. The molecule has 0 aliphatic rings. The van der Waals surface area contributed by atoms with Crippen LogP contribution in [0.4, 0.5) is 11.4 Å². The van der Waals surface area contributed by atoms with Crippen LogP contribution in [0.3, 0.4) is 0 Å². The molecule has 2 rings (SSSR count). The third-order valence-corrected chi connectivity index (χ3v) is 4.04. The summed E-state index contributed by atoms with van der Waals surface area (Å²) in [6.45, 7) is 1.18. The maximum Gasteiger partial charge on any atom is 0.328 e. The predicted molar refractivity (Wildman–Crippen MR) is 116 cm³/mol. The van der Waals surface area contributed by atoms with E-state index in [-0.39, 0.29) is 0 Å². The first-order valence-electron chi connectivity index (χ1n) is 9.08. The van der Waals surface area contributed by atoms with Gasteiger partial charge in [-0.1, -0.05) is 12.1 Å². The molecule has 8 heteroatoms. The second kappa shape index (κ2) is 11.2. The number of ether oxygens (including phenoxy) is 2. The highest BCUT2D eigenvalue weighted by Crippen LogP contribution is 2.27. The third kappa shape index (κ3) is 6.90. The fourth-order valence-electron chi connectivity index (χ4n) is 2.64. The van der Waals surface area contributed by atoms with Crippen molar-refractivity contribution in [3.63, 3.8) is 0 Å². The van der Waals surface area contributed by atoms with Gasteiger partial charge >= 0.3 is 11.9 Å². The van der Waals surface area contributed by atoms with Crippen molar-refractivity contribution in [3.8, 4) is 11.5 Å². The van der Waals surface area contributed by atoms with Gasteiger partial charge in [-0.3, -0.25) is 0 Å². The Morgan fingerprint density at radius 1 is 0.800 bits per heavy atom. The molecular formula is C22H24N2O6. The van der Waals surface area contributed by atoms with Crippen LogP contribution in [-0.4, -0.2) is 49.5 Å². The highest BCUT2D eigenvalue weighted by Gasteiger charge is 2.05. The summed E-state index contributed by atoms with van der Waals surface area (Å²) in [4.78, 5) is 21.3. The smallest absolute Gasteiger partial charge is 0.328 e. The molecule has 2 aromatic rings. The molecule has 0 spiro atoms. The zero-order valence-corrected chi connectivity index (χ0v) is 16.7. The van der Waals surface area contributed by atoms with Gasteiger partial charge in [-0.2, -0.15) is 0 Å². The maximum atomic E-state index is 10.6. The Morgan fingerprint density at radius 2 is 1.20 bits per heavy atom. The number of carboxylic acid groups (broad SMARTS) is 2. The summed E-state index contributed by atoms with van der Waals surface area (Å²) >= 11 is 0. The lowest BCUT2D eigenvalue weighted by atomic mass is 10.1. The largest absolute Gasteiger partial charge is 0.495 e. The number of hydrogen-bond acceptors (Lipinski definition) is 6. The van der Waals surface area contributed by atoms with Gasteiger partial charge in [-0.15, -0.1) is 0 Å². The average Bonchev–Trinajstić information content (AvgIpc) is 2.74. The summed E-state index contributed by atoms with van der Waals surface area (Å²) in [5.74, 6) is -0.809. The molecule has 0 aromatic heterocycles. The van der Waals surface area contributed by atoms with E-state index in [2.05, 4.69) is 10.6 Å². The summed E-state index contributed by atoms with van der Waals surface area (Å²) in [5, 5.41) is 24.0. The first kappa shape index (κ1) is 22.4. The second-order valence-electron chi connectivity index (χ2n) is 6.12. The van der Waals surface area contributed by atoms with Crippen molar-refractivity contribution in [2.24, 2.45) is 0 Å². The average molecular weight is 412 g/mol. The number of carboxylic acids is 2. The minimum atomic E-state index is -1.01. The Bertz CT molecular complexity index is 875. The van der Waals surface area contributed by atoms with Gasteiger partial charge in [0.25, 0.3) is 0 Å². The fourth-order valence-corrected chi connectivity index (χ4v) is 2.64. The first-order chi connectivity index (χ1) is 14.4. The molecule has 0 saturated carbocycles. The molecule has 8 nitrogen and oxygen atoms in total.